The van der Waals surface area contributed by atoms with Crippen LogP contribution in [0.25, 0.3) is 11.1 Å². The smallest absolute Gasteiger partial charge is 0.220 e. The maximum absolute atomic E-state index is 12.6. The molecular formula is C21H23NO6. The topological polar surface area (TPSA) is 94.1 Å². The van der Waals surface area contributed by atoms with E-state index in [2.05, 4.69) is 5.32 Å². The number of carbonyl (C=O) groups is 1. The lowest BCUT2D eigenvalue weighted by Crippen LogP contribution is -2.26. The summed E-state index contributed by atoms with van der Waals surface area (Å²) in [4.78, 5) is 24.3. The SMILES string of the molecule is COc1c(O)cc2c(c1OC)-c1ccc(OC)c(=O)cc1[C@H](NC(C)=O)CC2. The Hall–Kier alpha value is -3.22. The normalized spacial score (nSPS) is 14.9. The van der Waals surface area contributed by atoms with Gasteiger partial charge in [0.15, 0.2) is 17.2 Å². The molecule has 2 aromatic rings. The fraction of sp³-hybridized carbons (Fsp3) is 0.333. The van der Waals surface area contributed by atoms with Crippen LogP contribution in [0.4, 0.5) is 0 Å². The molecule has 0 spiro atoms. The van der Waals surface area contributed by atoms with E-state index in [1.165, 1.54) is 34.3 Å². The van der Waals surface area contributed by atoms with Crippen LogP contribution in [-0.4, -0.2) is 32.3 Å². The summed E-state index contributed by atoms with van der Waals surface area (Å²) in [6, 6.07) is 6.12. The molecule has 1 aliphatic carbocycles. The van der Waals surface area contributed by atoms with Gasteiger partial charge < -0.3 is 24.6 Å². The molecule has 0 aliphatic heterocycles. The molecule has 0 aromatic heterocycles. The highest BCUT2D eigenvalue weighted by Crippen LogP contribution is 2.49. The van der Waals surface area contributed by atoms with E-state index in [0.717, 1.165) is 11.1 Å². The van der Waals surface area contributed by atoms with E-state index in [1.807, 2.05) is 0 Å². The summed E-state index contributed by atoms with van der Waals surface area (Å²) in [7, 11) is 4.38. The molecule has 28 heavy (non-hydrogen) atoms. The zero-order valence-corrected chi connectivity index (χ0v) is 16.3. The van der Waals surface area contributed by atoms with Crippen molar-refractivity contribution in [2.45, 2.75) is 25.8 Å². The summed E-state index contributed by atoms with van der Waals surface area (Å²) in [5.74, 6) is 0.562. The van der Waals surface area contributed by atoms with Crippen LogP contribution in [0.2, 0.25) is 0 Å². The number of hydrogen-bond donors (Lipinski definition) is 2. The minimum atomic E-state index is -0.373. The number of carbonyl (C=O) groups excluding carboxylic acids is 1. The van der Waals surface area contributed by atoms with Gasteiger partial charge in [-0.2, -0.15) is 0 Å². The zero-order valence-electron chi connectivity index (χ0n) is 16.3. The average molecular weight is 385 g/mol. The van der Waals surface area contributed by atoms with Crippen molar-refractivity contribution in [1.29, 1.82) is 0 Å². The minimum absolute atomic E-state index is 0.0278. The third kappa shape index (κ3) is 3.35. The average Bonchev–Trinajstić information content (AvgIpc) is 2.89. The number of benzene rings is 1. The van der Waals surface area contributed by atoms with Gasteiger partial charge in [0.05, 0.1) is 27.4 Å². The molecule has 0 saturated heterocycles. The molecule has 7 heteroatoms. The third-order valence-electron chi connectivity index (χ3n) is 4.89. The molecule has 7 nitrogen and oxygen atoms in total. The number of fused-ring (bicyclic) bond motifs is 3. The van der Waals surface area contributed by atoms with E-state index >= 15 is 0 Å². The van der Waals surface area contributed by atoms with Gasteiger partial charge in [0.2, 0.25) is 17.1 Å². The third-order valence-corrected chi connectivity index (χ3v) is 4.89. The first kappa shape index (κ1) is 19.5. The Bertz CT molecular complexity index is 985. The maximum Gasteiger partial charge on any atom is 0.220 e. The van der Waals surface area contributed by atoms with Crippen molar-refractivity contribution in [3.63, 3.8) is 0 Å². The molecule has 148 valence electrons. The Kier molecular flexibility index (Phi) is 5.44. The number of phenolic OH excluding ortho intramolecular Hbond substituents is 1. The van der Waals surface area contributed by atoms with Crippen LogP contribution in [0.5, 0.6) is 23.0 Å². The minimum Gasteiger partial charge on any atom is -0.504 e. The molecule has 0 bridgehead atoms. The molecule has 3 rings (SSSR count). The first-order chi connectivity index (χ1) is 13.4. The fourth-order valence-electron chi connectivity index (χ4n) is 3.73. The summed E-state index contributed by atoms with van der Waals surface area (Å²) in [5.41, 5.74) is 2.64. The number of nitrogens with one attached hydrogen (secondary N) is 1. The Balaban J connectivity index is 2.41. The Morgan fingerprint density at radius 3 is 2.43 bits per heavy atom. The lowest BCUT2D eigenvalue weighted by Gasteiger charge is -2.18. The van der Waals surface area contributed by atoms with Crippen molar-refractivity contribution in [3.05, 3.63) is 45.6 Å². The highest BCUT2D eigenvalue weighted by molar-refractivity contribution is 5.83. The van der Waals surface area contributed by atoms with Crippen molar-refractivity contribution in [3.8, 4) is 34.1 Å². The molecule has 0 fully saturated rings. The molecule has 0 heterocycles. The van der Waals surface area contributed by atoms with Crippen molar-refractivity contribution < 1.29 is 24.1 Å². The van der Waals surface area contributed by atoms with E-state index < -0.39 is 0 Å². The van der Waals surface area contributed by atoms with E-state index in [-0.39, 0.29) is 34.6 Å². The van der Waals surface area contributed by atoms with E-state index in [0.29, 0.717) is 29.7 Å². The van der Waals surface area contributed by atoms with Gasteiger partial charge >= 0.3 is 0 Å². The van der Waals surface area contributed by atoms with Crippen LogP contribution in [0.1, 0.15) is 30.5 Å². The predicted octanol–water partition coefficient (Wildman–Crippen LogP) is 2.57. The Morgan fingerprint density at radius 2 is 1.82 bits per heavy atom. The molecule has 2 aromatic carbocycles. The largest absolute Gasteiger partial charge is 0.504 e. The quantitative estimate of drug-likeness (QED) is 0.840. The van der Waals surface area contributed by atoms with Crippen molar-refractivity contribution in [1.82, 2.24) is 5.32 Å². The number of methoxy groups -OCH3 is 3. The van der Waals surface area contributed by atoms with Crippen LogP contribution in [0, 0.1) is 0 Å². The number of hydrogen-bond acceptors (Lipinski definition) is 6. The molecular weight excluding hydrogens is 362 g/mol. The number of amides is 1. The van der Waals surface area contributed by atoms with Gasteiger partial charge in [-0.3, -0.25) is 9.59 Å². The molecule has 2 N–H and O–H groups in total. The van der Waals surface area contributed by atoms with E-state index in [1.54, 1.807) is 18.2 Å². The van der Waals surface area contributed by atoms with Gasteiger partial charge in [-0.15, -0.1) is 0 Å². The number of aromatic hydroxyl groups is 1. The molecule has 1 amide bonds. The standard InChI is InChI=1S/C21H23NO6/c1-11(23)22-15-7-5-12-9-17(25)20(27-3)21(28-4)19(12)13-6-8-18(26-2)16(24)10-14(13)15/h6,8-10,15,25H,5,7H2,1-4H3,(H,22,23)/t15-/m1/s1. The Labute approximate surface area is 162 Å². The number of phenols is 1. The summed E-state index contributed by atoms with van der Waals surface area (Å²) in [6.07, 6.45) is 1.12. The van der Waals surface area contributed by atoms with Crippen molar-refractivity contribution in [2.24, 2.45) is 0 Å². The van der Waals surface area contributed by atoms with Crippen LogP contribution in [0.15, 0.2) is 29.1 Å². The maximum atomic E-state index is 12.6. The van der Waals surface area contributed by atoms with Crippen LogP contribution in [-0.2, 0) is 11.2 Å². The van der Waals surface area contributed by atoms with E-state index in [9.17, 15) is 14.7 Å². The lowest BCUT2D eigenvalue weighted by molar-refractivity contribution is -0.119. The van der Waals surface area contributed by atoms with E-state index in [4.69, 9.17) is 14.2 Å². The monoisotopic (exact) mass is 385 g/mol. The molecule has 0 radical (unpaired) electrons. The van der Waals surface area contributed by atoms with Gasteiger partial charge in [0, 0.05) is 12.5 Å². The number of rotatable bonds is 4. The fourth-order valence-corrected chi connectivity index (χ4v) is 3.73. The molecule has 1 atom stereocenters. The lowest BCUT2D eigenvalue weighted by atomic mass is 9.95. The second kappa shape index (κ2) is 7.80. The van der Waals surface area contributed by atoms with Gasteiger partial charge in [0.1, 0.15) is 0 Å². The number of aryl methyl sites for hydroxylation is 1. The van der Waals surface area contributed by atoms with Crippen LogP contribution < -0.4 is 25.0 Å². The second-order valence-corrected chi connectivity index (χ2v) is 6.57. The van der Waals surface area contributed by atoms with Gasteiger partial charge in [-0.1, -0.05) is 6.07 Å². The second-order valence-electron chi connectivity index (χ2n) is 6.57. The zero-order chi connectivity index (χ0) is 20.4. The van der Waals surface area contributed by atoms with Crippen LogP contribution >= 0.6 is 0 Å². The highest BCUT2D eigenvalue weighted by atomic mass is 16.5. The summed E-state index contributed by atoms with van der Waals surface area (Å²) in [6.45, 7) is 1.44. The first-order valence-electron chi connectivity index (χ1n) is 8.87. The number of ether oxygens (including phenoxy) is 3. The first-order valence-corrected chi connectivity index (χ1v) is 8.87. The predicted molar refractivity (Wildman–Crippen MR) is 104 cm³/mol. The van der Waals surface area contributed by atoms with Gasteiger partial charge in [0.25, 0.3) is 0 Å². The Morgan fingerprint density at radius 1 is 1.11 bits per heavy atom. The summed E-state index contributed by atoms with van der Waals surface area (Å²) in [5, 5.41) is 13.3. The molecule has 0 unspecified atom stereocenters. The highest BCUT2D eigenvalue weighted by Gasteiger charge is 2.29. The summed E-state index contributed by atoms with van der Waals surface area (Å²) >= 11 is 0. The van der Waals surface area contributed by atoms with Crippen LogP contribution in [0.3, 0.4) is 0 Å². The molecule has 1 aliphatic rings. The van der Waals surface area contributed by atoms with Crippen molar-refractivity contribution >= 4 is 5.91 Å². The van der Waals surface area contributed by atoms with Crippen molar-refractivity contribution in [2.75, 3.05) is 21.3 Å². The molecule has 0 saturated carbocycles. The van der Waals surface area contributed by atoms with Gasteiger partial charge in [-0.05, 0) is 47.7 Å². The van der Waals surface area contributed by atoms with Gasteiger partial charge in [-0.25, -0.2) is 0 Å². The summed E-state index contributed by atoms with van der Waals surface area (Å²) < 4.78 is 16.1.